The summed E-state index contributed by atoms with van der Waals surface area (Å²) >= 11 is 0. The molecule has 0 saturated carbocycles. The Morgan fingerprint density at radius 2 is 1.62 bits per heavy atom. The maximum Gasteiger partial charge on any atom is 0.280 e. The predicted molar refractivity (Wildman–Crippen MR) is 90.0 cm³/mol. The van der Waals surface area contributed by atoms with E-state index in [1.807, 2.05) is 0 Å². The molecule has 0 unspecified atom stereocenters. The van der Waals surface area contributed by atoms with E-state index in [1.54, 1.807) is 49.6 Å². The first-order valence-corrected chi connectivity index (χ1v) is 7.11. The van der Waals surface area contributed by atoms with E-state index in [-0.39, 0.29) is 11.4 Å². The average molecular weight is 325 g/mol. The molecule has 7 nitrogen and oxygen atoms in total. The average Bonchev–Trinajstić information content (AvgIpc) is 2.62. The Bertz CT molecular complexity index is 962. The third kappa shape index (κ3) is 2.91. The summed E-state index contributed by atoms with van der Waals surface area (Å²) in [6.45, 7) is 0. The summed E-state index contributed by atoms with van der Waals surface area (Å²) in [6, 6.07) is 11.8. The van der Waals surface area contributed by atoms with Crippen molar-refractivity contribution >= 4 is 22.3 Å². The number of pyridine rings is 1. The fourth-order valence-corrected chi connectivity index (χ4v) is 2.22. The zero-order valence-electron chi connectivity index (χ0n) is 13.1. The van der Waals surface area contributed by atoms with E-state index in [0.717, 1.165) is 0 Å². The third-order valence-corrected chi connectivity index (χ3v) is 3.51. The molecule has 3 aromatic rings. The van der Waals surface area contributed by atoms with Crippen molar-refractivity contribution in [2.45, 2.75) is 0 Å². The lowest BCUT2D eigenvalue weighted by Crippen LogP contribution is -2.05. The van der Waals surface area contributed by atoms with Crippen molar-refractivity contribution < 1.29 is 14.6 Å². The normalized spacial score (nSPS) is 11.1. The molecule has 0 aliphatic heterocycles. The molecule has 3 rings (SSSR count). The van der Waals surface area contributed by atoms with Crippen molar-refractivity contribution in [2.75, 3.05) is 14.2 Å². The van der Waals surface area contributed by atoms with E-state index in [1.165, 1.54) is 7.11 Å². The Labute approximate surface area is 137 Å². The van der Waals surface area contributed by atoms with Crippen LogP contribution in [0.5, 0.6) is 17.2 Å². The van der Waals surface area contributed by atoms with E-state index in [0.29, 0.717) is 28.1 Å². The van der Waals surface area contributed by atoms with Crippen molar-refractivity contribution in [2.24, 2.45) is 10.2 Å². The molecule has 0 bridgehead atoms. The number of H-pyrrole nitrogens is 1. The monoisotopic (exact) mass is 325 g/mol. The molecule has 0 spiro atoms. The molecule has 0 aliphatic carbocycles. The molecule has 1 heterocycles. The number of benzene rings is 2. The van der Waals surface area contributed by atoms with Gasteiger partial charge in [-0.2, -0.15) is 5.11 Å². The van der Waals surface area contributed by atoms with Crippen LogP contribution in [-0.2, 0) is 0 Å². The lowest BCUT2D eigenvalue weighted by Gasteiger charge is -2.05. The molecule has 2 aromatic carbocycles. The van der Waals surface area contributed by atoms with Crippen molar-refractivity contribution in [3.63, 3.8) is 0 Å². The molecule has 0 radical (unpaired) electrons. The largest absolute Gasteiger partial charge is 0.505 e. The molecule has 2 N–H and O–H groups in total. The van der Waals surface area contributed by atoms with Gasteiger partial charge >= 0.3 is 0 Å². The van der Waals surface area contributed by atoms with Gasteiger partial charge in [-0.3, -0.25) is 4.79 Å². The zero-order valence-corrected chi connectivity index (χ0v) is 13.1. The Morgan fingerprint density at radius 3 is 2.29 bits per heavy atom. The van der Waals surface area contributed by atoms with Gasteiger partial charge in [0.15, 0.2) is 11.4 Å². The standard InChI is InChI=1S/C17H15N3O4/c1-23-11-5-3-10(4-6-11)19-20-15-16(21)13-9-12(24-2)7-8-14(13)18-17(15)22/h3-9H,1-2H3,(H2,18,21,22). The van der Waals surface area contributed by atoms with Gasteiger partial charge in [0, 0.05) is 5.39 Å². The zero-order chi connectivity index (χ0) is 17.1. The molecular weight excluding hydrogens is 310 g/mol. The van der Waals surface area contributed by atoms with Crippen LogP contribution in [-0.4, -0.2) is 24.3 Å². The van der Waals surface area contributed by atoms with E-state index in [9.17, 15) is 9.90 Å². The fraction of sp³-hybridized carbons (Fsp3) is 0.118. The van der Waals surface area contributed by atoms with Crippen LogP contribution in [0, 0.1) is 0 Å². The summed E-state index contributed by atoms with van der Waals surface area (Å²) in [4.78, 5) is 14.8. The highest BCUT2D eigenvalue weighted by Crippen LogP contribution is 2.33. The molecule has 0 aliphatic rings. The SMILES string of the molecule is COc1ccc(N=Nc2c(O)c3cc(OC)ccc3[nH]c2=O)cc1. The number of ether oxygens (including phenoxy) is 2. The van der Waals surface area contributed by atoms with Crippen molar-refractivity contribution in [3.8, 4) is 17.2 Å². The first kappa shape index (κ1) is 15.5. The van der Waals surface area contributed by atoms with E-state index in [2.05, 4.69) is 15.2 Å². The highest BCUT2D eigenvalue weighted by Gasteiger charge is 2.12. The number of nitrogens with zero attached hydrogens (tertiary/aromatic N) is 2. The van der Waals surface area contributed by atoms with Crippen LogP contribution in [0.4, 0.5) is 11.4 Å². The van der Waals surface area contributed by atoms with Gasteiger partial charge in [0.1, 0.15) is 11.5 Å². The number of methoxy groups -OCH3 is 2. The van der Waals surface area contributed by atoms with Crippen molar-refractivity contribution in [1.29, 1.82) is 0 Å². The topological polar surface area (TPSA) is 96.3 Å². The van der Waals surface area contributed by atoms with Crippen LogP contribution in [0.25, 0.3) is 10.9 Å². The molecule has 0 atom stereocenters. The number of aromatic nitrogens is 1. The molecule has 24 heavy (non-hydrogen) atoms. The van der Waals surface area contributed by atoms with Gasteiger partial charge < -0.3 is 19.6 Å². The lowest BCUT2D eigenvalue weighted by molar-refractivity contribution is 0.415. The number of rotatable bonds is 4. The van der Waals surface area contributed by atoms with Gasteiger partial charge in [0.05, 0.1) is 25.4 Å². The van der Waals surface area contributed by atoms with Gasteiger partial charge in [-0.1, -0.05) is 0 Å². The van der Waals surface area contributed by atoms with Gasteiger partial charge in [0.2, 0.25) is 0 Å². The predicted octanol–water partition coefficient (Wildman–Crippen LogP) is 3.67. The van der Waals surface area contributed by atoms with E-state index in [4.69, 9.17) is 9.47 Å². The number of hydrogen-bond acceptors (Lipinski definition) is 6. The third-order valence-electron chi connectivity index (χ3n) is 3.51. The Balaban J connectivity index is 2.04. The molecule has 0 fully saturated rings. The molecule has 1 aromatic heterocycles. The molecular formula is C17H15N3O4. The summed E-state index contributed by atoms with van der Waals surface area (Å²) < 4.78 is 10.2. The smallest absolute Gasteiger partial charge is 0.280 e. The van der Waals surface area contributed by atoms with Crippen LogP contribution >= 0.6 is 0 Å². The van der Waals surface area contributed by atoms with Gasteiger partial charge in [-0.05, 0) is 42.5 Å². The quantitative estimate of drug-likeness (QED) is 0.715. The first-order chi connectivity index (χ1) is 11.6. The molecule has 0 saturated heterocycles. The van der Waals surface area contributed by atoms with Crippen molar-refractivity contribution in [1.82, 2.24) is 4.98 Å². The van der Waals surface area contributed by atoms with E-state index >= 15 is 0 Å². The Morgan fingerprint density at radius 1 is 0.958 bits per heavy atom. The Hall–Kier alpha value is -3.35. The first-order valence-electron chi connectivity index (χ1n) is 7.11. The second-order valence-electron chi connectivity index (χ2n) is 4.96. The highest BCUT2D eigenvalue weighted by molar-refractivity contribution is 5.89. The summed E-state index contributed by atoms with van der Waals surface area (Å²) in [5, 5.41) is 18.7. The van der Waals surface area contributed by atoms with Gasteiger partial charge in [-0.15, -0.1) is 5.11 Å². The van der Waals surface area contributed by atoms with Crippen molar-refractivity contribution in [3.05, 3.63) is 52.8 Å². The molecule has 122 valence electrons. The fourth-order valence-electron chi connectivity index (χ4n) is 2.22. The number of fused-ring (bicyclic) bond motifs is 1. The second-order valence-corrected chi connectivity index (χ2v) is 4.96. The highest BCUT2D eigenvalue weighted by atomic mass is 16.5. The lowest BCUT2D eigenvalue weighted by atomic mass is 10.2. The van der Waals surface area contributed by atoms with Crippen LogP contribution in [0.1, 0.15) is 0 Å². The summed E-state index contributed by atoms with van der Waals surface area (Å²) in [6.07, 6.45) is 0. The number of azo groups is 1. The molecule has 0 amide bonds. The number of aromatic amines is 1. The van der Waals surface area contributed by atoms with Crippen LogP contribution < -0.4 is 15.0 Å². The minimum Gasteiger partial charge on any atom is -0.505 e. The Kier molecular flexibility index (Phi) is 4.15. The van der Waals surface area contributed by atoms with E-state index < -0.39 is 5.56 Å². The summed E-state index contributed by atoms with van der Waals surface area (Å²) in [5.74, 6) is 1.00. The second kappa shape index (κ2) is 6.41. The van der Waals surface area contributed by atoms with Gasteiger partial charge in [-0.25, -0.2) is 0 Å². The van der Waals surface area contributed by atoms with Crippen LogP contribution in [0.3, 0.4) is 0 Å². The maximum absolute atomic E-state index is 12.1. The number of hydrogen-bond donors (Lipinski definition) is 2. The number of aromatic hydroxyl groups is 1. The number of nitrogens with one attached hydrogen (secondary N) is 1. The summed E-state index contributed by atoms with van der Waals surface area (Å²) in [5.41, 5.74) is 0.330. The minimum absolute atomic E-state index is 0.161. The molecule has 7 heteroatoms. The summed E-state index contributed by atoms with van der Waals surface area (Å²) in [7, 11) is 3.09. The van der Waals surface area contributed by atoms with Crippen LogP contribution in [0.15, 0.2) is 57.5 Å². The maximum atomic E-state index is 12.1. The van der Waals surface area contributed by atoms with Gasteiger partial charge in [0.25, 0.3) is 5.56 Å². The van der Waals surface area contributed by atoms with Crippen LogP contribution in [0.2, 0.25) is 0 Å². The minimum atomic E-state index is -0.526.